The van der Waals surface area contributed by atoms with Crippen LogP contribution in [-0.4, -0.2) is 88.3 Å². The van der Waals surface area contributed by atoms with Gasteiger partial charge in [0.2, 0.25) is 0 Å². The fourth-order valence-electron chi connectivity index (χ4n) is 3.25. The van der Waals surface area contributed by atoms with Gasteiger partial charge in [-0.1, -0.05) is 0 Å². The minimum Gasteiger partial charge on any atom is -0.475 e. The van der Waals surface area contributed by atoms with Crippen molar-refractivity contribution in [1.29, 1.82) is 0 Å². The number of aromatic nitrogens is 2. The Morgan fingerprint density at radius 1 is 1.09 bits per heavy atom. The molecule has 3 heterocycles. The number of alkyl halides is 6. The summed E-state index contributed by atoms with van der Waals surface area (Å²) in [7, 11) is 0. The highest BCUT2D eigenvalue weighted by Crippen LogP contribution is 2.22. The van der Waals surface area contributed by atoms with Gasteiger partial charge in [0.15, 0.2) is 0 Å². The van der Waals surface area contributed by atoms with E-state index in [1.807, 2.05) is 0 Å². The number of hydrogen-bond donors (Lipinski definition) is 3. The third-order valence-electron chi connectivity index (χ3n) is 4.83. The van der Waals surface area contributed by atoms with Gasteiger partial charge in [0.1, 0.15) is 12.1 Å². The number of anilines is 1. The van der Waals surface area contributed by atoms with E-state index < -0.39 is 24.3 Å². The van der Waals surface area contributed by atoms with Gasteiger partial charge in [-0.2, -0.15) is 26.3 Å². The molecule has 35 heavy (non-hydrogen) atoms. The van der Waals surface area contributed by atoms with Crippen molar-refractivity contribution >= 4 is 17.8 Å². The maximum absolute atomic E-state index is 10.6. The molecule has 0 bridgehead atoms. The first-order valence-corrected chi connectivity index (χ1v) is 10.6. The lowest BCUT2D eigenvalue weighted by Gasteiger charge is -2.22. The molecule has 2 aliphatic heterocycles. The van der Waals surface area contributed by atoms with E-state index in [4.69, 9.17) is 24.5 Å². The molecule has 0 aromatic carbocycles. The third kappa shape index (κ3) is 11.5. The fourth-order valence-corrected chi connectivity index (χ4v) is 3.25. The monoisotopic (exact) mass is 518 g/mol. The molecule has 1 atom stereocenters. The number of halogens is 6. The summed E-state index contributed by atoms with van der Waals surface area (Å²) < 4.78 is 69.0. The number of carboxylic acid groups (broad SMARTS) is 2. The predicted octanol–water partition coefficient (Wildman–Crippen LogP) is 3.00. The van der Waals surface area contributed by atoms with Crippen molar-refractivity contribution in [1.82, 2.24) is 14.9 Å². The van der Waals surface area contributed by atoms with Gasteiger partial charge >= 0.3 is 24.3 Å². The average molecular weight is 518 g/mol. The Kier molecular flexibility index (Phi) is 11.6. The molecule has 0 amide bonds. The second-order valence-corrected chi connectivity index (χ2v) is 8.08. The lowest BCUT2D eigenvalue weighted by Crippen LogP contribution is -2.32. The van der Waals surface area contributed by atoms with E-state index in [-0.39, 0.29) is 0 Å². The smallest absolute Gasteiger partial charge is 0.475 e. The number of carbonyl (C=O) groups is 2. The molecule has 1 saturated heterocycles. The molecule has 0 radical (unpaired) electrons. The number of nitrogens with zero attached hydrogens (tertiary/aromatic N) is 3. The molecule has 1 unspecified atom stereocenters. The summed E-state index contributed by atoms with van der Waals surface area (Å²) in [6.45, 7) is 9.53. The first-order chi connectivity index (χ1) is 16.1. The number of ether oxygens (including phenoxy) is 1. The van der Waals surface area contributed by atoms with Crippen molar-refractivity contribution in [3.8, 4) is 0 Å². The van der Waals surface area contributed by atoms with E-state index in [2.05, 4.69) is 34.0 Å². The largest absolute Gasteiger partial charge is 0.490 e. The van der Waals surface area contributed by atoms with Gasteiger partial charge in [-0.25, -0.2) is 19.6 Å². The van der Waals surface area contributed by atoms with Gasteiger partial charge in [0, 0.05) is 44.3 Å². The van der Waals surface area contributed by atoms with E-state index in [1.54, 1.807) is 6.33 Å². The minimum atomic E-state index is -5.08. The van der Waals surface area contributed by atoms with Crippen LogP contribution >= 0.6 is 0 Å². The van der Waals surface area contributed by atoms with Crippen LogP contribution in [0.25, 0.3) is 0 Å². The van der Waals surface area contributed by atoms with Crippen LogP contribution in [0, 0.1) is 5.92 Å². The van der Waals surface area contributed by atoms with Crippen molar-refractivity contribution in [2.45, 2.75) is 51.5 Å². The van der Waals surface area contributed by atoms with E-state index in [9.17, 15) is 26.3 Å². The Morgan fingerprint density at radius 2 is 1.63 bits per heavy atom. The molecule has 200 valence electrons. The van der Waals surface area contributed by atoms with E-state index >= 15 is 0 Å². The Bertz CT molecular complexity index is 805. The van der Waals surface area contributed by atoms with Crippen LogP contribution in [0.5, 0.6) is 0 Å². The molecular weight excluding hydrogens is 490 g/mol. The lowest BCUT2D eigenvalue weighted by atomic mass is 10.1. The number of aliphatic carboxylic acids is 2. The molecule has 0 saturated carbocycles. The predicted molar refractivity (Wildman–Crippen MR) is 111 cm³/mol. The number of fused-ring (bicyclic) bond motifs is 1. The Labute approximate surface area is 197 Å². The van der Waals surface area contributed by atoms with Gasteiger partial charge in [-0.15, -0.1) is 0 Å². The van der Waals surface area contributed by atoms with Crippen molar-refractivity contribution in [3.05, 3.63) is 17.6 Å². The SMILES string of the molecule is CC(C)Nc1ncnc2c1CCN(CC1CCOC1)CC2.O=C(O)C(F)(F)F.O=C(O)C(F)(F)F. The van der Waals surface area contributed by atoms with Crippen LogP contribution in [-0.2, 0) is 27.2 Å². The summed E-state index contributed by atoms with van der Waals surface area (Å²) in [5, 5.41) is 17.7. The van der Waals surface area contributed by atoms with E-state index in [0.717, 1.165) is 51.5 Å². The zero-order valence-corrected chi connectivity index (χ0v) is 19.1. The Hall–Kier alpha value is -2.68. The van der Waals surface area contributed by atoms with Crippen LogP contribution in [0.2, 0.25) is 0 Å². The zero-order valence-electron chi connectivity index (χ0n) is 19.1. The first-order valence-electron chi connectivity index (χ1n) is 10.6. The maximum atomic E-state index is 10.6. The molecule has 3 rings (SSSR count). The summed E-state index contributed by atoms with van der Waals surface area (Å²) in [4.78, 5) is 29.3. The molecule has 1 aromatic rings. The highest BCUT2D eigenvalue weighted by molar-refractivity contribution is 5.73. The Balaban J connectivity index is 0.000000362. The minimum absolute atomic E-state index is 0.402. The molecule has 3 N–H and O–H groups in total. The molecule has 0 spiro atoms. The topological polar surface area (TPSA) is 125 Å². The first kappa shape index (κ1) is 30.4. The van der Waals surface area contributed by atoms with Crippen molar-refractivity contribution in [2.75, 3.05) is 38.2 Å². The second kappa shape index (κ2) is 13.4. The summed E-state index contributed by atoms with van der Waals surface area (Å²) in [6, 6.07) is 0.402. The van der Waals surface area contributed by atoms with Crippen LogP contribution in [0.15, 0.2) is 6.33 Å². The van der Waals surface area contributed by atoms with Gasteiger partial charge in [0.05, 0.1) is 12.3 Å². The van der Waals surface area contributed by atoms with E-state index in [0.29, 0.717) is 12.0 Å². The molecule has 2 aliphatic rings. The molecular formula is C20H28F6N4O5. The average Bonchev–Trinajstić information content (AvgIpc) is 3.14. The summed E-state index contributed by atoms with van der Waals surface area (Å²) in [5.41, 5.74) is 2.54. The maximum Gasteiger partial charge on any atom is 0.490 e. The van der Waals surface area contributed by atoms with Crippen LogP contribution in [0.4, 0.5) is 32.2 Å². The van der Waals surface area contributed by atoms with Gasteiger partial charge in [-0.05, 0) is 32.6 Å². The van der Waals surface area contributed by atoms with Gasteiger partial charge < -0.3 is 25.2 Å². The normalized spacial score (nSPS) is 18.4. The molecule has 9 nitrogen and oxygen atoms in total. The van der Waals surface area contributed by atoms with Gasteiger partial charge in [-0.3, -0.25) is 0 Å². The van der Waals surface area contributed by atoms with Crippen LogP contribution in [0.1, 0.15) is 31.5 Å². The molecule has 0 aliphatic carbocycles. The highest BCUT2D eigenvalue weighted by atomic mass is 19.4. The van der Waals surface area contributed by atoms with Crippen molar-refractivity contribution < 1.29 is 50.9 Å². The quantitative estimate of drug-likeness (QED) is 0.516. The van der Waals surface area contributed by atoms with E-state index in [1.165, 1.54) is 17.7 Å². The number of nitrogens with one attached hydrogen (secondary N) is 1. The fraction of sp³-hybridized carbons (Fsp3) is 0.700. The number of hydrogen-bond acceptors (Lipinski definition) is 7. The molecule has 15 heteroatoms. The standard InChI is InChI=1S/C16H26N4O.2C2HF3O2/c1-12(2)19-16-14-3-6-20(9-13-5-8-21-10-13)7-4-15(14)17-11-18-16;2*3-2(4,5)1(6)7/h11-13H,3-10H2,1-2H3,(H,17,18,19);2*(H,6,7). The van der Waals surface area contributed by atoms with Crippen LogP contribution in [0.3, 0.4) is 0 Å². The number of rotatable bonds is 4. The van der Waals surface area contributed by atoms with Crippen molar-refractivity contribution in [2.24, 2.45) is 5.92 Å². The molecule has 1 fully saturated rings. The molecule has 1 aromatic heterocycles. The number of carboxylic acids is 2. The van der Waals surface area contributed by atoms with Crippen LogP contribution < -0.4 is 5.32 Å². The summed E-state index contributed by atoms with van der Waals surface area (Å²) in [6.07, 6.45) is -5.19. The second-order valence-electron chi connectivity index (χ2n) is 8.08. The van der Waals surface area contributed by atoms with Crippen molar-refractivity contribution in [3.63, 3.8) is 0 Å². The summed E-state index contributed by atoms with van der Waals surface area (Å²) in [5.74, 6) is -3.77. The lowest BCUT2D eigenvalue weighted by molar-refractivity contribution is -0.193. The zero-order chi connectivity index (χ0) is 26.8. The summed E-state index contributed by atoms with van der Waals surface area (Å²) >= 11 is 0. The highest BCUT2D eigenvalue weighted by Gasteiger charge is 2.38. The third-order valence-corrected chi connectivity index (χ3v) is 4.83. The Morgan fingerprint density at radius 3 is 2.09 bits per heavy atom. The van der Waals surface area contributed by atoms with Gasteiger partial charge in [0.25, 0.3) is 0 Å².